The number of hydrogen-bond donors (Lipinski definition) is 1. The van der Waals surface area contributed by atoms with Crippen LogP contribution in [-0.2, 0) is 4.79 Å². The Morgan fingerprint density at radius 2 is 2.15 bits per heavy atom. The molecule has 1 fully saturated rings. The van der Waals surface area contributed by atoms with E-state index in [0.29, 0.717) is 12.3 Å². The molecule has 20 heavy (non-hydrogen) atoms. The summed E-state index contributed by atoms with van der Waals surface area (Å²) in [5, 5.41) is 4.09. The maximum atomic E-state index is 12.4. The summed E-state index contributed by atoms with van der Waals surface area (Å²) in [6.45, 7) is 4.11. The van der Waals surface area contributed by atoms with E-state index in [9.17, 15) is 4.79 Å². The molecule has 0 spiro atoms. The van der Waals surface area contributed by atoms with Crippen LogP contribution in [0.25, 0.3) is 0 Å². The summed E-state index contributed by atoms with van der Waals surface area (Å²) in [7, 11) is 1.89. The summed E-state index contributed by atoms with van der Waals surface area (Å²) in [6, 6.07) is 7.79. The summed E-state index contributed by atoms with van der Waals surface area (Å²) in [5.41, 5.74) is 1.12. The highest BCUT2D eigenvalue weighted by molar-refractivity contribution is 6.30. The van der Waals surface area contributed by atoms with Gasteiger partial charge in [-0.15, -0.1) is 0 Å². The number of benzene rings is 1. The van der Waals surface area contributed by atoms with Gasteiger partial charge in [0.05, 0.1) is 6.04 Å². The van der Waals surface area contributed by atoms with Crippen LogP contribution in [0, 0.1) is 5.92 Å². The second kappa shape index (κ2) is 7.09. The van der Waals surface area contributed by atoms with Gasteiger partial charge >= 0.3 is 0 Å². The first-order valence-electron chi connectivity index (χ1n) is 7.29. The molecule has 110 valence electrons. The zero-order chi connectivity index (χ0) is 14.5. The predicted molar refractivity (Wildman–Crippen MR) is 82.8 cm³/mol. The number of nitrogens with one attached hydrogen (secondary N) is 1. The first-order chi connectivity index (χ1) is 9.58. The zero-order valence-electron chi connectivity index (χ0n) is 12.2. The highest BCUT2D eigenvalue weighted by atomic mass is 35.5. The minimum atomic E-state index is 0.0799. The van der Waals surface area contributed by atoms with E-state index >= 15 is 0 Å². The first kappa shape index (κ1) is 15.3. The standard InChI is InChI=1S/C16H23ClN2O/c1-12(14-5-7-15(17)8-6-14)19(2)16(20)10-13-4-3-9-18-11-13/h5-8,12-13,18H,3-4,9-11H2,1-2H3. The first-order valence-corrected chi connectivity index (χ1v) is 7.67. The lowest BCUT2D eigenvalue weighted by Gasteiger charge is -2.29. The van der Waals surface area contributed by atoms with E-state index in [1.54, 1.807) is 0 Å². The van der Waals surface area contributed by atoms with Crippen LogP contribution in [0.15, 0.2) is 24.3 Å². The molecule has 4 heteroatoms. The summed E-state index contributed by atoms with van der Waals surface area (Å²) in [4.78, 5) is 14.2. The van der Waals surface area contributed by atoms with Crippen molar-refractivity contribution in [3.8, 4) is 0 Å². The van der Waals surface area contributed by atoms with E-state index in [2.05, 4.69) is 12.2 Å². The van der Waals surface area contributed by atoms with Crippen LogP contribution in [0.3, 0.4) is 0 Å². The van der Waals surface area contributed by atoms with Gasteiger partial charge in [-0.2, -0.15) is 0 Å². The van der Waals surface area contributed by atoms with Crippen LogP contribution in [0.2, 0.25) is 5.02 Å². The van der Waals surface area contributed by atoms with Crippen LogP contribution >= 0.6 is 11.6 Å². The molecular formula is C16H23ClN2O. The molecule has 1 heterocycles. The minimum Gasteiger partial charge on any atom is -0.339 e. The Morgan fingerprint density at radius 3 is 2.75 bits per heavy atom. The third kappa shape index (κ3) is 3.97. The molecule has 0 aliphatic carbocycles. The molecule has 0 radical (unpaired) electrons. The number of hydrogen-bond acceptors (Lipinski definition) is 2. The Kier molecular flexibility index (Phi) is 5.44. The number of amides is 1. The second-order valence-corrected chi connectivity index (χ2v) is 6.09. The van der Waals surface area contributed by atoms with E-state index in [-0.39, 0.29) is 11.9 Å². The highest BCUT2D eigenvalue weighted by Gasteiger charge is 2.22. The molecule has 1 aliphatic rings. The fourth-order valence-electron chi connectivity index (χ4n) is 2.67. The van der Waals surface area contributed by atoms with Crippen LogP contribution < -0.4 is 5.32 Å². The van der Waals surface area contributed by atoms with Crippen LogP contribution in [-0.4, -0.2) is 30.9 Å². The quantitative estimate of drug-likeness (QED) is 0.924. The molecule has 2 atom stereocenters. The maximum Gasteiger partial charge on any atom is 0.223 e. The molecule has 2 unspecified atom stereocenters. The number of halogens is 1. The molecular weight excluding hydrogens is 272 g/mol. The predicted octanol–water partition coefficient (Wildman–Crippen LogP) is 3.25. The number of carbonyl (C=O) groups is 1. The molecule has 1 aromatic rings. The average Bonchev–Trinajstić information content (AvgIpc) is 2.47. The summed E-state index contributed by atoms with van der Waals surface area (Å²) < 4.78 is 0. The van der Waals surface area contributed by atoms with Gasteiger partial charge in [-0.25, -0.2) is 0 Å². The van der Waals surface area contributed by atoms with Gasteiger partial charge in [-0.3, -0.25) is 4.79 Å². The van der Waals surface area contributed by atoms with Crippen molar-refractivity contribution >= 4 is 17.5 Å². The highest BCUT2D eigenvalue weighted by Crippen LogP contribution is 2.23. The summed E-state index contributed by atoms with van der Waals surface area (Å²) in [5.74, 6) is 0.706. The molecule has 1 aromatic carbocycles. The Bertz CT molecular complexity index is 440. The fraction of sp³-hybridized carbons (Fsp3) is 0.562. The number of carbonyl (C=O) groups excluding carboxylic acids is 1. The number of rotatable bonds is 4. The van der Waals surface area contributed by atoms with Crippen molar-refractivity contribution in [2.45, 2.75) is 32.2 Å². The average molecular weight is 295 g/mol. The molecule has 2 rings (SSSR count). The van der Waals surface area contributed by atoms with Crippen LogP contribution in [0.5, 0.6) is 0 Å². The van der Waals surface area contributed by atoms with Gasteiger partial charge in [0.15, 0.2) is 0 Å². The molecule has 1 aliphatic heterocycles. The normalized spacial score (nSPS) is 20.4. The lowest BCUT2D eigenvalue weighted by atomic mass is 9.95. The van der Waals surface area contributed by atoms with Crippen LogP contribution in [0.1, 0.15) is 37.8 Å². The van der Waals surface area contributed by atoms with Crippen molar-refractivity contribution in [2.24, 2.45) is 5.92 Å². The third-order valence-corrected chi connectivity index (χ3v) is 4.44. The molecule has 1 N–H and O–H groups in total. The van der Waals surface area contributed by atoms with Crippen molar-refractivity contribution < 1.29 is 4.79 Å². The Morgan fingerprint density at radius 1 is 1.45 bits per heavy atom. The van der Waals surface area contributed by atoms with E-state index < -0.39 is 0 Å². The van der Waals surface area contributed by atoms with E-state index in [0.717, 1.165) is 30.1 Å². The maximum absolute atomic E-state index is 12.4. The van der Waals surface area contributed by atoms with Gasteiger partial charge in [0.1, 0.15) is 0 Å². The molecule has 0 saturated carbocycles. The monoisotopic (exact) mass is 294 g/mol. The fourth-order valence-corrected chi connectivity index (χ4v) is 2.80. The van der Waals surface area contributed by atoms with E-state index in [1.807, 2.05) is 36.2 Å². The lowest BCUT2D eigenvalue weighted by Crippen LogP contribution is -2.36. The molecule has 1 amide bonds. The number of nitrogens with zero attached hydrogens (tertiary/aromatic N) is 1. The van der Waals surface area contributed by atoms with Gasteiger partial charge in [-0.1, -0.05) is 23.7 Å². The van der Waals surface area contributed by atoms with Crippen molar-refractivity contribution in [3.05, 3.63) is 34.9 Å². The van der Waals surface area contributed by atoms with Gasteiger partial charge < -0.3 is 10.2 Å². The van der Waals surface area contributed by atoms with Crippen molar-refractivity contribution in [3.63, 3.8) is 0 Å². The molecule has 1 saturated heterocycles. The van der Waals surface area contributed by atoms with Crippen molar-refractivity contribution in [1.29, 1.82) is 0 Å². The Hall–Kier alpha value is -1.06. The molecule has 0 bridgehead atoms. The smallest absolute Gasteiger partial charge is 0.223 e. The van der Waals surface area contributed by atoms with Crippen molar-refractivity contribution in [1.82, 2.24) is 10.2 Å². The third-order valence-electron chi connectivity index (χ3n) is 4.19. The Balaban J connectivity index is 1.93. The SMILES string of the molecule is CC(c1ccc(Cl)cc1)N(C)C(=O)CC1CCCNC1. The van der Waals surface area contributed by atoms with Gasteiger partial charge in [0.2, 0.25) is 5.91 Å². The second-order valence-electron chi connectivity index (χ2n) is 5.65. The van der Waals surface area contributed by atoms with E-state index in [4.69, 9.17) is 11.6 Å². The van der Waals surface area contributed by atoms with E-state index in [1.165, 1.54) is 6.42 Å². The zero-order valence-corrected chi connectivity index (χ0v) is 13.0. The van der Waals surface area contributed by atoms with Gasteiger partial charge in [-0.05, 0) is 56.5 Å². The summed E-state index contributed by atoms with van der Waals surface area (Å²) in [6.07, 6.45) is 2.97. The summed E-state index contributed by atoms with van der Waals surface area (Å²) >= 11 is 5.90. The number of piperidine rings is 1. The largest absolute Gasteiger partial charge is 0.339 e. The topological polar surface area (TPSA) is 32.3 Å². The molecule has 0 aromatic heterocycles. The van der Waals surface area contributed by atoms with Gasteiger partial charge in [0, 0.05) is 18.5 Å². The Labute approximate surface area is 126 Å². The minimum absolute atomic E-state index is 0.0799. The lowest BCUT2D eigenvalue weighted by molar-refractivity contribution is -0.133. The van der Waals surface area contributed by atoms with Gasteiger partial charge in [0.25, 0.3) is 0 Å². The molecule has 3 nitrogen and oxygen atoms in total. The van der Waals surface area contributed by atoms with Crippen molar-refractivity contribution in [2.75, 3.05) is 20.1 Å². The van der Waals surface area contributed by atoms with Crippen LogP contribution in [0.4, 0.5) is 0 Å².